The highest BCUT2D eigenvalue weighted by molar-refractivity contribution is 8.00. The molecule has 0 aliphatic rings. The largest absolute Gasteiger partial charge is 0.301 e. The Hall–Kier alpha value is -2.25. The summed E-state index contributed by atoms with van der Waals surface area (Å²) >= 11 is 2.73. The number of nitrogens with zero attached hydrogens (tertiary/aromatic N) is 3. The van der Waals surface area contributed by atoms with E-state index in [9.17, 15) is 4.79 Å². The van der Waals surface area contributed by atoms with Crippen LogP contribution in [0, 0.1) is 13.8 Å². The van der Waals surface area contributed by atoms with Crippen LogP contribution in [0.4, 0.5) is 5.13 Å². The van der Waals surface area contributed by atoms with Crippen LogP contribution in [0.2, 0.25) is 0 Å². The normalized spacial score (nSPS) is 11.9. The third-order valence-corrected chi connectivity index (χ3v) is 4.99. The topological polar surface area (TPSA) is 67.8 Å². The van der Waals surface area contributed by atoms with Gasteiger partial charge in [0.1, 0.15) is 5.25 Å². The van der Waals surface area contributed by atoms with Crippen molar-refractivity contribution in [2.75, 3.05) is 5.32 Å². The van der Waals surface area contributed by atoms with Gasteiger partial charge in [-0.15, -0.1) is 11.3 Å². The number of carbonyl (C=O) groups is 1. The van der Waals surface area contributed by atoms with Crippen LogP contribution in [-0.4, -0.2) is 20.9 Å². The van der Waals surface area contributed by atoms with Gasteiger partial charge < -0.3 is 5.32 Å². The Kier molecular flexibility index (Phi) is 5.22. The summed E-state index contributed by atoms with van der Waals surface area (Å²) in [6.07, 6.45) is 1.66. The third kappa shape index (κ3) is 4.18. The molecule has 1 amide bonds. The van der Waals surface area contributed by atoms with E-state index >= 15 is 0 Å². The van der Waals surface area contributed by atoms with E-state index in [0.717, 1.165) is 17.0 Å². The van der Waals surface area contributed by atoms with Crippen molar-refractivity contribution >= 4 is 34.1 Å². The SMILES string of the molecule is Cc1cc(C)nc(SC(C(=O)Nc2nccs2)c2ccccc2)n1. The molecule has 2 aromatic heterocycles. The zero-order valence-corrected chi connectivity index (χ0v) is 14.9. The summed E-state index contributed by atoms with van der Waals surface area (Å²) in [7, 11) is 0. The van der Waals surface area contributed by atoms with Crippen LogP contribution in [0.5, 0.6) is 0 Å². The third-order valence-electron chi connectivity index (χ3n) is 3.19. The first-order valence-corrected chi connectivity index (χ1v) is 9.12. The van der Waals surface area contributed by atoms with Gasteiger partial charge in [0.15, 0.2) is 10.3 Å². The summed E-state index contributed by atoms with van der Waals surface area (Å²) in [6, 6.07) is 11.5. The molecule has 1 aromatic carbocycles. The quantitative estimate of drug-likeness (QED) is 0.552. The van der Waals surface area contributed by atoms with E-state index in [1.807, 2.05) is 55.6 Å². The van der Waals surface area contributed by atoms with Crippen LogP contribution in [0.1, 0.15) is 22.2 Å². The van der Waals surface area contributed by atoms with Crippen molar-refractivity contribution in [1.82, 2.24) is 15.0 Å². The molecule has 0 aliphatic carbocycles. The van der Waals surface area contributed by atoms with Crippen LogP contribution in [0.25, 0.3) is 0 Å². The molecule has 1 N–H and O–H groups in total. The molecule has 1 unspecified atom stereocenters. The molecule has 0 bridgehead atoms. The average molecular weight is 356 g/mol. The summed E-state index contributed by atoms with van der Waals surface area (Å²) in [5, 5.41) is 5.42. The second-order valence-electron chi connectivity index (χ2n) is 5.17. The molecule has 7 heteroatoms. The molecule has 0 spiro atoms. The summed E-state index contributed by atoms with van der Waals surface area (Å²) in [5.41, 5.74) is 2.67. The summed E-state index contributed by atoms with van der Waals surface area (Å²) < 4.78 is 0. The van der Waals surface area contributed by atoms with Gasteiger partial charge in [-0.05, 0) is 25.5 Å². The lowest BCUT2D eigenvalue weighted by atomic mass is 10.1. The standard InChI is InChI=1S/C17H16N4OS2/c1-11-10-12(2)20-17(19-11)24-14(13-6-4-3-5-7-13)15(22)21-16-18-8-9-23-16/h3-10,14H,1-2H3,(H,18,21,22). The van der Waals surface area contributed by atoms with E-state index in [-0.39, 0.29) is 5.91 Å². The number of benzene rings is 1. The maximum absolute atomic E-state index is 12.8. The van der Waals surface area contributed by atoms with Gasteiger partial charge >= 0.3 is 0 Å². The number of aromatic nitrogens is 3. The smallest absolute Gasteiger partial charge is 0.244 e. The number of rotatable bonds is 5. The van der Waals surface area contributed by atoms with E-state index in [1.54, 1.807) is 6.20 Å². The highest BCUT2D eigenvalue weighted by Gasteiger charge is 2.24. The Balaban J connectivity index is 1.88. The minimum atomic E-state index is -0.448. The molecule has 122 valence electrons. The molecule has 3 rings (SSSR count). The monoisotopic (exact) mass is 356 g/mol. The van der Waals surface area contributed by atoms with Crippen LogP contribution >= 0.6 is 23.1 Å². The number of hydrogen-bond donors (Lipinski definition) is 1. The number of thiazole rings is 1. The average Bonchev–Trinajstić information content (AvgIpc) is 3.05. The maximum atomic E-state index is 12.8. The summed E-state index contributed by atoms with van der Waals surface area (Å²) in [4.78, 5) is 25.8. The van der Waals surface area contributed by atoms with Crippen molar-refractivity contribution in [2.24, 2.45) is 0 Å². The molecule has 0 saturated carbocycles. The lowest BCUT2D eigenvalue weighted by Gasteiger charge is -2.15. The molecule has 0 aliphatic heterocycles. The Bertz CT molecular complexity index is 802. The van der Waals surface area contributed by atoms with Crippen molar-refractivity contribution in [3.8, 4) is 0 Å². The Labute approximate surface area is 148 Å². The zero-order valence-electron chi connectivity index (χ0n) is 13.3. The molecule has 3 aromatic rings. The number of anilines is 1. The van der Waals surface area contributed by atoms with E-state index in [0.29, 0.717) is 10.3 Å². The first kappa shape index (κ1) is 16.6. The molecule has 1 atom stereocenters. The molecule has 5 nitrogen and oxygen atoms in total. The Morgan fingerprint density at radius 1 is 1.17 bits per heavy atom. The van der Waals surface area contributed by atoms with Gasteiger partial charge in [0.05, 0.1) is 0 Å². The first-order chi connectivity index (χ1) is 11.6. The second-order valence-corrected chi connectivity index (χ2v) is 7.14. The minimum absolute atomic E-state index is 0.135. The number of thioether (sulfide) groups is 1. The van der Waals surface area contributed by atoms with E-state index < -0.39 is 5.25 Å². The van der Waals surface area contributed by atoms with Gasteiger partial charge in [0.25, 0.3) is 0 Å². The predicted molar refractivity (Wildman–Crippen MR) is 97.3 cm³/mol. The fraction of sp³-hybridized carbons (Fsp3) is 0.176. The van der Waals surface area contributed by atoms with Crippen molar-refractivity contribution in [3.63, 3.8) is 0 Å². The van der Waals surface area contributed by atoms with Gasteiger partial charge in [0.2, 0.25) is 5.91 Å². The molecule has 24 heavy (non-hydrogen) atoms. The molecule has 0 fully saturated rings. The molecular formula is C17H16N4OS2. The molecule has 2 heterocycles. The summed E-state index contributed by atoms with van der Waals surface area (Å²) in [6.45, 7) is 3.85. The fourth-order valence-corrected chi connectivity index (χ4v) is 3.80. The van der Waals surface area contributed by atoms with Gasteiger partial charge in [-0.1, -0.05) is 42.1 Å². The van der Waals surface area contributed by atoms with Gasteiger partial charge in [-0.2, -0.15) is 0 Å². The number of aryl methyl sites for hydroxylation is 2. The second kappa shape index (κ2) is 7.55. The minimum Gasteiger partial charge on any atom is -0.301 e. The number of hydrogen-bond acceptors (Lipinski definition) is 6. The Morgan fingerprint density at radius 3 is 2.50 bits per heavy atom. The van der Waals surface area contributed by atoms with Gasteiger partial charge in [-0.25, -0.2) is 15.0 Å². The van der Waals surface area contributed by atoms with Crippen molar-refractivity contribution in [3.05, 3.63) is 64.9 Å². The van der Waals surface area contributed by atoms with Crippen LogP contribution in [0.15, 0.2) is 53.1 Å². The van der Waals surface area contributed by atoms with Gasteiger partial charge in [-0.3, -0.25) is 4.79 Å². The zero-order chi connectivity index (χ0) is 16.9. The summed E-state index contributed by atoms with van der Waals surface area (Å²) in [5.74, 6) is -0.135. The molecular weight excluding hydrogens is 340 g/mol. The van der Waals surface area contributed by atoms with E-state index in [4.69, 9.17) is 0 Å². The first-order valence-electron chi connectivity index (χ1n) is 7.36. The lowest BCUT2D eigenvalue weighted by molar-refractivity contribution is -0.115. The van der Waals surface area contributed by atoms with Crippen LogP contribution < -0.4 is 5.32 Å². The maximum Gasteiger partial charge on any atom is 0.244 e. The van der Waals surface area contributed by atoms with E-state index in [2.05, 4.69) is 20.3 Å². The van der Waals surface area contributed by atoms with Gasteiger partial charge in [0, 0.05) is 23.0 Å². The van der Waals surface area contributed by atoms with Crippen LogP contribution in [-0.2, 0) is 4.79 Å². The number of amides is 1. The number of nitrogens with one attached hydrogen (secondary N) is 1. The van der Waals surface area contributed by atoms with Crippen LogP contribution in [0.3, 0.4) is 0 Å². The van der Waals surface area contributed by atoms with Crippen molar-refractivity contribution in [2.45, 2.75) is 24.3 Å². The highest BCUT2D eigenvalue weighted by atomic mass is 32.2. The Morgan fingerprint density at radius 2 is 1.88 bits per heavy atom. The molecule has 0 radical (unpaired) electrons. The predicted octanol–water partition coefficient (Wildman–Crippen LogP) is 4.02. The van der Waals surface area contributed by atoms with E-state index in [1.165, 1.54) is 23.1 Å². The molecule has 0 saturated heterocycles. The van der Waals surface area contributed by atoms with Crippen molar-refractivity contribution < 1.29 is 4.79 Å². The number of carbonyl (C=O) groups excluding carboxylic acids is 1. The van der Waals surface area contributed by atoms with Crippen molar-refractivity contribution in [1.29, 1.82) is 0 Å². The lowest BCUT2D eigenvalue weighted by Crippen LogP contribution is -2.19. The highest BCUT2D eigenvalue weighted by Crippen LogP contribution is 2.34. The fourth-order valence-electron chi connectivity index (χ4n) is 2.21.